The van der Waals surface area contributed by atoms with E-state index in [1.807, 2.05) is 24.3 Å². The Morgan fingerprint density at radius 3 is 2.47 bits per heavy atom. The molecule has 0 unspecified atom stereocenters. The Hall–Kier alpha value is -1.51. The predicted octanol–water partition coefficient (Wildman–Crippen LogP) is 2.65. The van der Waals surface area contributed by atoms with Crippen LogP contribution in [0.4, 0.5) is 5.69 Å². The van der Waals surface area contributed by atoms with Crippen molar-refractivity contribution < 1.29 is 4.79 Å². The van der Waals surface area contributed by atoms with Crippen molar-refractivity contribution in [1.29, 1.82) is 0 Å². The van der Waals surface area contributed by atoms with E-state index in [4.69, 9.17) is 0 Å². The van der Waals surface area contributed by atoms with Crippen LogP contribution in [-0.4, -0.2) is 18.5 Å². The number of nitrogens with one attached hydrogen (secondary N) is 2. The topological polar surface area (TPSA) is 41.1 Å². The van der Waals surface area contributed by atoms with E-state index >= 15 is 0 Å². The molecule has 1 fully saturated rings. The van der Waals surface area contributed by atoms with Gasteiger partial charge in [-0.25, -0.2) is 0 Å². The molecule has 0 radical (unpaired) electrons. The van der Waals surface area contributed by atoms with Gasteiger partial charge in [-0.3, -0.25) is 4.79 Å². The molecule has 2 rings (SSSR count). The standard InChI is InChI=1S/C14H20N2O/c1-10(2)9-15-12-5-3-11(4-6-12)14(17)16-13-7-8-13/h3-6,10,13,15H,7-9H2,1-2H3,(H,16,17). The molecule has 17 heavy (non-hydrogen) atoms. The monoisotopic (exact) mass is 232 g/mol. The first-order chi connectivity index (χ1) is 8.15. The maximum atomic E-state index is 11.7. The van der Waals surface area contributed by atoms with Gasteiger partial charge in [-0.05, 0) is 43.0 Å². The van der Waals surface area contributed by atoms with Crippen LogP contribution >= 0.6 is 0 Å². The number of carbonyl (C=O) groups is 1. The average Bonchev–Trinajstić information content (AvgIpc) is 3.11. The lowest BCUT2D eigenvalue weighted by molar-refractivity contribution is 0.0951. The average molecular weight is 232 g/mol. The minimum Gasteiger partial charge on any atom is -0.385 e. The number of anilines is 1. The van der Waals surface area contributed by atoms with E-state index in [0.717, 1.165) is 30.6 Å². The summed E-state index contributed by atoms with van der Waals surface area (Å²) in [6.07, 6.45) is 2.25. The summed E-state index contributed by atoms with van der Waals surface area (Å²) in [5.41, 5.74) is 1.81. The lowest BCUT2D eigenvalue weighted by atomic mass is 10.1. The lowest BCUT2D eigenvalue weighted by Gasteiger charge is -2.09. The minimum atomic E-state index is 0.0444. The molecule has 0 atom stereocenters. The van der Waals surface area contributed by atoms with Crippen molar-refractivity contribution in [3.8, 4) is 0 Å². The van der Waals surface area contributed by atoms with Gasteiger partial charge in [0.1, 0.15) is 0 Å². The van der Waals surface area contributed by atoms with E-state index in [0.29, 0.717) is 12.0 Å². The highest BCUT2D eigenvalue weighted by molar-refractivity contribution is 5.94. The summed E-state index contributed by atoms with van der Waals surface area (Å²) >= 11 is 0. The van der Waals surface area contributed by atoms with E-state index < -0.39 is 0 Å². The fourth-order valence-corrected chi connectivity index (χ4v) is 1.56. The number of rotatable bonds is 5. The van der Waals surface area contributed by atoms with Gasteiger partial charge in [0.05, 0.1) is 0 Å². The highest BCUT2D eigenvalue weighted by Gasteiger charge is 2.23. The molecule has 1 aromatic carbocycles. The Labute approximate surface area is 103 Å². The van der Waals surface area contributed by atoms with Crippen LogP contribution in [0.2, 0.25) is 0 Å². The fourth-order valence-electron chi connectivity index (χ4n) is 1.56. The summed E-state index contributed by atoms with van der Waals surface area (Å²) in [6.45, 7) is 5.29. The second-order valence-corrected chi connectivity index (χ2v) is 5.10. The normalized spacial score (nSPS) is 14.8. The Morgan fingerprint density at radius 1 is 1.29 bits per heavy atom. The van der Waals surface area contributed by atoms with Crippen LogP contribution < -0.4 is 10.6 Å². The van der Waals surface area contributed by atoms with Crippen molar-refractivity contribution in [3.05, 3.63) is 29.8 Å². The van der Waals surface area contributed by atoms with Crippen molar-refractivity contribution in [2.24, 2.45) is 5.92 Å². The third kappa shape index (κ3) is 3.77. The molecular formula is C14H20N2O. The van der Waals surface area contributed by atoms with Gasteiger partial charge in [-0.15, -0.1) is 0 Å². The molecule has 0 bridgehead atoms. The van der Waals surface area contributed by atoms with E-state index in [1.165, 1.54) is 0 Å². The highest BCUT2D eigenvalue weighted by atomic mass is 16.1. The molecule has 1 aliphatic carbocycles. The summed E-state index contributed by atoms with van der Waals surface area (Å²) in [6, 6.07) is 8.09. The van der Waals surface area contributed by atoms with Crippen molar-refractivity contribution in [1.82, 2.24) is 5.32 Å². The molecular weight excluding hydrogens is 212 g/mol. The second kappa shape index (κ2) is 5.21. The first kappa shape index (κ1) is 12.0. The van der Waals surface area contributed by atoms with Crippen molar-refractivity contribution in [2.75, 3.05) is 11.9 Å². The molecule has 2 N–H and O–H groups in total. The smallest absolute Gasteiger partial charge is 0.251 e. The van der Waals surface area contributed by atoms with E-state index in [-0.39, 0.29) is 5.91 Å². The molecule has 1 aliphatic rings. The van der Waals surface area contributed by atoms with Gasteiger partial charge in [0.15, 0.2) is 0 Å². The zero-order chi connectivity index (χ0) is 12.3. The Balaban J connectivity index is 1.89. The largest absolute Gasteiger partial charge is 0.385 e. The second-order valence-electron chi connectivity index (χ2n) is 5.10. The SMILES string of the molecule is CC(C)CNc1ccc(C(=O)NC2CC2)cc1. The highest BCUT2D eigenvalue weighted by Crippen LogP contribution is 2.19. The molecule has 0 heterocycles. The molecule has 3 heteroatoms. The maximum absolute atomic E-state index is 11.7. The zero-order valence-electron chi connectivity index (χ0n) is 10.5. The summed E-state index contributed by atoms with van der Waals surface area (Å²) < 4.78 is 0. The van der Waals surface area contributed by atoms with E-state index in [9.17, 15) is 4.79 Å². The van der Waals surface area contributed by atoms with Crippen LogP contribution in [-0.2, 0) is 0 Å². The number of amides is 1. The molecule has 92 valence electrons. The lowest BCUT2D eigenvalue weighted by Crippen LogP contribution is -2.25. The Kier molecular flexibility index (Phi) is 3.67. The van der Waals surface area contributed by atoms with Gasteiger partial charge < -0.3 is 10.6 Å². The number of hydrogen-bond donors (Lipinski definition) is 2. The van der Waals surface area contributed by atoms with Gasteiger partial charge >= 0.3 is 0 Å². The van der Waals surface area contributed by atoms with Gasteiger partial charge in [0.2, 0.25) is 0 Å². The van der Waals surface area contributed by atoms with Crippen LogP contribution in [0, 0.1) is 5.92 Å². The van der Waals surface area contributed by atoms with Gasteiger partial charge in [0, 0.05) is 23.8 Å². The van der Waals surface area contributed by atoms with Crippen molar-refractivity contribution >= 4 is 11.6 Å². The van der Waals surface area contributed by atoms with Gasteiger partial charge in [0.25, 0.3) is 5.91 Å². The Morgan fingerprint density at radius 2 is 1.94 bits per heavy atom. The molecule has 0 aromatic heterocycles. The summed E-state index contributed by atoms with van der Waals surface area (Å²) in [7, 11) is 0. The van der Waals surface area contributed by atoms with Gasteiger partial charge in [-0.1, -0.05) is 13.8 Å². The van der Waals surface area contributed by atoms with E-state index in [1.54, 1.807) is 0 Å². The van der Waals surface area contributed by atoms with E-state index in [2.05, 4.69) is 24.5 Å². The first-order valence-electron chi connectivity index (χ1n) is 6.30. The third-order valence-electron chi connectivity index (χ3n) is 2.77. The fraction of sp³-hybridized carbons (Fsp3) is 0.500. The van der Waals surface area contributed by atoms with Crippen LogP contribution in [0.3, 0.4) is 0 Å². The van der Waals surface area contributed by atoms with Crippen molar-refractivity contribution in [3.63, 3.8) is 0 Å². The number of hydrogen-bond acceptors (Lipinski definition) is 2. The minimum absolute atomic E-state index is 0.0444. The number of benzene rings is 1. The first-order valence-corrected chi connectivity index (χ1v) is 6.30. The molecule has 3 nitrogen and oxygen atoms in total. The third-order valence-corrected chi connectivity index (χ3v) is 2.77. The van der Waals surface area contributed by atoms with Crippen LogP contribution in [0.15, 0.2) is 24.3 Å². The molecule has 1 saturated carbocycles. The summed E-state index contributed by atoms with van der Waals surface area (Å²) in [4.78, 5) is 11.7. The zero-order valence-corrected chi connectivity index (χ0v) is 10.5. The summed E-state index contributed by atoms with van der Waals surface area (Å²) in [5, 5.41) is 6.31. The maximum Gasteiger partial charge on any atom is 0.251 e. The Bertz CT molecular complexity index is 380. The van der Waals surface area contributed by atoms with Crippen LogP contribution in [0.25, 0.3) is 0 Å². The molecule has 1 aromatic rings. The molecule has 1 amide bonds. The molecule has 0 saturated heterocycles. The molecule has 0 aliphatic heterocycles. The summed E-state index contributed by atoms with van der Waals surface area (Å²) in [5.74, 6) is 0.663. The van der Waals surface area contributed by atoms with Crippen LogP contribution in [0.1, 0.15) is 37.0 Å². The van der Waals surface area contributed by atoms with Crippen LogP contribution in [0.5, 0.6) is 0 Å². The quantitative estimate of drug-likeness (QED) is 0.819. The van der Waals surface area contributed by atoms with Crippen molar-refractivity contribution in [2.45, 2.75) is 32.7 Å². The number of carbonyl (C=O) groups excluding carboxylic acids is 1. The predicted molar refractivity (Wildman–Crippen MR) is 70.3 cm³/mol. The van der Waals surface area contributed by atoms with Gasteiger partial charge in [-0.2, -0.15) is 0 Å². The molecule has 0 spiro atoms.